The summed E-state index contributed by atoms with van der Waals surface area (Å²) in [5.41, 5.74) is 2.93. The van der Waals surface area contributed by atoms with Crippen LogP contribution in [0.15, 0.2) is 88.5 Å². The smallest absolute Gasteiger partial charge is 0.149 e. The monoisotopic (exact) mass is 578 g/mol. The van der Waals surface area contributed by atoms with Crippen LogP contribution >= 0.6 is 11.6 Å². The SMILES string of the molecule is CS(=O)(=O)CCN=Cc1ccc(-c2ccc3ncnc(Nc4ccc(OCc5cccc(F)c5)c(Cl)c4)c3c2)o1. The number of rotatable bonds is 10. The molecule has 2 heterocycles. The molecule has 0 saturated carbocycles. The van der Waals surface area contributed by atoms with Gasteiger partial charge in [-0.2, -0.15) is 0 Å². The minimum absolute atomic E-state index is 0.0204. The maximum absolute atomic E-state index is 13.4. The van der Waals surface area contributed by atoms with Gasteiger partial charge in [-0.15, -0.1) is 0 Å². The highest BCUT2D eigenvalue weighted by Gasteiger charge is 2.11. The number of aromatic nitrogens is 2. The number of furan rings is 1. The summed E-state index contributed by atoms with van der Waals surface area (Å²) in [7, 11) is -3.07. The van der Waals surface area contributed by atoms with Crippen LogP contribution in [0.1, 0.15) is 11.3 Å². The lowest BCUT2D eigenvalue weighted by atomic mass is 10.1. The zero-order chi connectivity index (χ0) is 28.1. The van der Waals surface area contributed by atoms with Gasteiger partial charge in [-0.3, -0.25) is 4.99 Å². The molecule has 0 radical (unpaired) electrons. The molecule has 0 bridgehead atoms. The second kappa shape index (κ2) is 11.8. The molecule has 5 aromatic rings. The van der Waals surface area contributed by atoms with Crippen molar-refractivity contribution in [2.75, 3.05) is 23.9 Å². The maximum atomic E-state index is 13.4. The van der Waals surface area contributed by atoms with Crippen molar-refractivity contribution in [3.63, 3.8) is 0 Å². The Morgan fingerprint density at radius 3 is 2.75 bits per heavy atom. The average molecular weight is 579 g/mol. The fourth-order valence-electron chi connectivity index (χ4n) is 3.88. The molecule has 5 rings (SSSR count). The van der Waals surface area contributed by atoms with E-state index in [0.717, 1.165) is 16.5 Å². The van der Waals surface area contributed by atoms with Gasteiger partial charge in [-0.1, -0.05) is 23.7 Å². The third-order valence-electron chi connectivity index (χ3n) is 5.83. The summed E-state index contributed by atoms with van der Waals surface area (Å²) >= 11 is 6.46. The zero-order valence-electron chi connectivity index (χ0n) is 21.3. The maximum Gasteiger partial charge on any atom is 0.149 e. The number of benzene rings is 3. The topological polar surface area (TPSA) is 107 Å². The summed E-state index contributed by atoms with van der Waals surface area (Å²) in [5.74, 6) is 1.83. The molecule has 40 heavy (non-hydrogen) atoms. The number of hydrogen-bond donors (Lipinski definition) is 1. The molecule has 0 aliphatic heterocycles. The molecule has 8 nitrogen and oxygen atoms in total. The van der Waals surface area contributed by atoms with E-state index < -0.39 is 9.84 Å². The van der Waals surface area contributed by atoms with Gasteiger partial charge >= 0.3 is 0 Å². The van der Waals surface area contributed by atoms with Crippen LogP contribution in [-0.2, 0) is 16.4 Å². The molecule has 0 aliphatic carbocycles. The van der Waals surface area contributed by atoms with Crippen molar-refractivity contribution in [3.05, 3.63) is 101 Å². The van der Waals surface area contributed by atoms with Crippen molar-refractivity contribution in [3.8, 4) is 17.1 Å². The molecular formula is C29H24ClFN4O4S. The first-order chi connectivity index (χ1) is 19.2. The number of halogens is 2. The van der Waals surface area contributed by atoms with E-state index in [1.807, 2.05) is 30.3 Å². The van der Waals surface area contributed by atoms with Crippen LogP contribution in [0.5, 0.6) is 5.75 Å². The van der Waals surface area contributed by atoms with Crippen molar-refractivity contribution in [2.45, 2.75) is 6.61 Å². The lowest BCUT2D eigenvalue weighted by Gasteiger charge is -2.12. The molecule has 1 N–H and O–H groups in total. The fraction of sp³-hybridized carbons (Fsp3) is 0.138. The van der Waals surface area contributed by atoms with Crippen molar-refractivity contribution in [1.29, 1.82) is 0 Å². The minimum Gasteiger partial charge on any atom is -0.487 e. The van der Waals surface area contributed by atoms with Crippen LogP contribution in [-0.4, -0.2) is 43.2 Å². The van der Waals surface area contributed by atoms with Gasteiger partial charge in [0, 0.05) is 22.9 Å². The quantitative estimate of drug-likeness (QED) is 0.189. The molecule has 2 aromatic heterocycles. The molecule has 3 aromatic carbocycles. The van der Waals surface area contributed by atoms with Crippen LogP contribution in [0.3, 0.4) is 0 Å². The van der Waals surface area contributed by atoms with Crippen LogP contribution in [0.25, 0.3) is 22.2 Å². The van der Waals surface area contributed by atoms with Gasteiger partial charge in [-0.25, -0.2) is 22.8 Å². The van der Waals surface area contributed by atoms with Crippen LogP contribution in [0.2, 0.25) is 5.02 Å². The van der Waals surface area contributed by atoms with E-state index in [-0.39, 0.29) is 24.7 Å². The Morgan fingerprint density at radius 1 is 1.07 bits per heavy atom. The summed E-state index contributed by atoms with van der Waals surface area (Å²) in [6.07, 6.45) is 4.16. The second-order valence-corrected chi connectivity index (χ2v) is 11.7. The van der Waals surface area contributed by atoms with Gasteiger partial charge in [0.15, 0.2) is 0 Å². The van der Waals surface area contributed by atoms with Crippen molar-refractivity contribution in [2.24, 2.45) is 4.99 Å². The molecule has 0 amide bonds. The van der Waals surface area contributed by atoms with Crippen LogP contribution in [0.4, 0.5) is 15.9 Å². The van der Waals surface area contributed by atoms with E-state index in [9.17, 15) is 12.8 Å². The number of nitrogens with zero attached hydrogens (tertiary/aromatic N) is 3. The second-order valence-electron chi connectivity index (χ2n) is 9.01. The third kappa shape index (κ3) is 7.02. The Balaban J connectivity index is 1.32. The average Bonchev–Trinajstić information content (AvgIpc) is 3.39. The number of ether oxygens (including phenoxy) is 1. The Bertz CT molecular complexity index is 1810. The lowest BCUT2D eigenvalue weighted by molar-refractivity contribution is 0.306. The van der Waals surface area contributed by atoms with Crippen LogP contribution < -0.4 is 10.1 Å². The highest BCUT2D eigenvalue weighted by atomic mass is 35.5. The fourth-order valence-corrected chi connectivity index (χ4v) is 4.55. The Labute approximate surface area is 235 Å². The summed E-state index contributed by atoms with van der Waals surface area (Å²) < 4.78 is 47.6. The van der Waals surface area contributed by atoms with Gasteiger partial charge < -0.3 is 14.5 Å². The Kier molecular flexibility index (Phi) is 8.09. The zero-order valence-corrected chi connectivity index (χ0v) is 22.9. The molecule has 0 atom stereocenters. The van der Waals surface area contributed by atoms with E-state index in [1.54, 1.807) is 30.3 Å². The van der Waals surface area contributed by atoms with E-state index in [2.05, 4.69) is 20.3 Å². The van der Waals surface area contributed by atoms with Crippen molar-refractivity contribution < 1.29 is 22.0 Å². The Hall–Kier alpha value is -4.28. The van der Waals surface area contributed by atoms with Gasteiger partial charge in [0.2, 0.25) is 0 Å². The standard InChI is InChI=1S/C29H24ClFN4O4S/c1-40(36,37)12-11-32-16-23-7-10-27(39-23)20-5-8-26-24(14-20)29(34-18-33-26)35-22-6-9-28(25(30)15-22)38-17-19-3-2-4-21(31)13-19/h2-10,13-16,18H,11-12,17H2,1H3,(H,33,34,35). The first kappa shape index (κ1) is 27.3. The predicted molar refractivity (Wildman–Crippen MR) is 155 cm³/mol. The lowest BCUT2D eigenvalue weighted by Crippen LogP contribution is -2.05. The molecule has 0 fully saturated rings. The first-order valence-electron chi connectivity index (χ1n) is 12.2. The van der Waals surface area contributed by atoms with E-state index in [4.69, 9.17) is 20.8 Å². The first-order valence-corrected chi connectivity index (χ1v) is 14.6. The van der Waals surface area contributed by atoms with E-state index >= 15 is 0 Å². The summed E-state index contributed by atoms with van der Waals surface area (Å²) in [4.78, 5) is 12.9. The van der Waals surface area contributed by atoms with E-state index in [0.29, 0.717) is 39.4 Å². The minimum atomic E-state index is -3.07. The molecule has 11 heteroatoms. The Morgan fingerprint density at radius 2 is 1.95 bits per heavy atom. The van der Waals surface area contributed by atoms with Gasteiger partial charge in [0.25, 0.3) is 0 Å². The summed E-state index contributed by atoms with van der Waals surface area (Å²) in [6.45, 7) is 0.353. The van der Waals surface area contributed by atoms with Crippen molar-refractivity contribution in [1.82, 2.24) is 9.97 Å². The number of sulfone groups is 1. The molecular weight excluding hydrogens is 555 g/mol. The summed E-state index contributed by atoms with van der Waals surface area (Å²) in [6, 6.07) is 20.7. The normalized spacial score (nSPS) is 11.8. The van der Waals surface area contributed by atoms with Gasteiger partial charge in [0.05, 0.1) is 29.1 Å². The number of fused-ring (bicyclic) bond motifs is 1. The number of anilines is 2. The van der Waals surface area contributed by atoms with Gasteiger partial charge in [-0.05, 0) is 66.2 Å². The third-order valence-corrected chi connectivity index (χ3v) is 7.05. The van der Waals surface area contributed by atoms with Crippen molar-refractivity contribution >= 4 is 50.1 Å². The number of nitrogens with one attached hydrogen (secondary N) is 1. The van der Waals surface area contributed by atoms with Gasteiger partial charge in [0.1, 0.15) is 51.7 Å². The highest BCUT2D eigenvalue weighted by molar-refractivity contribution is 7.90. The number of hydrogen-bond acceptors (Lipinski definition) is 8. The predicted octanol–water partition coefficient (Wildman–Crippen LogP) is 6.47. The molecule has 204 valence electrons. The summed E-state index contributed by atoms with van der Waals surface area (Å²) in [5, 5.41) is 4.44. The van der Waals surface area contributed by atoms with Crippen LogP contribution in [0, 0.1) is 5.82 Å². The van der Waals surface area contributed by atoms with E-state index in [1.165, 1.54) is 30.9 Å². The largest absolute Gasteiger partial charge is 0.487 e. The number of aliphatic imine (C=N–C) groups is 1. The molecule has 0 aliphatic rings. The molecule has 0 unspecified atom stereocenters. The molecule has 0 spiro atoms. The molecule has 0 saturated heterocycles. The highest BCUT2D eigenvalue weighted by Crippen LogP contribution is 2.32.